The number of aromatic nitrogens is 2. The summed E-state index contributed by atoms with van der Waals surface area (Å²) in [6, 6.07) is 0. The molecule has 0 bridgehead atoms. The first-order valence-electron chi connectivity index (χ1n) is 4.66. The van der Waals surface area contributed by atoms with Crippen molar-refractivity contribution in [2.45, 2.75) is 39.5 Å². The van der Waals surface area contributed by atoms with E-state index < -0.39 is 0 Å². The molecule has 0 aromatic carbocycles. The van der Waals surface area contributed by atoms with Crippen molar-refractivity contribution in [3.63, 3.8) is 0 Å². The Morgan fingerprint density at radius 3 is 2.07 bits per heavy atom. The van der Waals surface area contributed by atoms with Crippen LogP contribution in [0.25, 0.3) is 0 Å². The monoisotopic (exact) mass is 324 g/mol. The normalized spacial score (nSPS) is 11.4. The lowest BCUT2D eigenvalue weighted by Crippen LogP contribution is -2.06. The van der Waals surface area contributed by atoms with E-state index in [1.165, 1.54) is 0 Å². The van der Waals surface area contributed by atoms with Crippen LogP contribution >= 0.6 is 34.2 Å². The molecule has 0 saturated heterocycles. The van der Waals surface area contributed by atoms with E-state index in [4.69, 9.17) is 11.6 Å². The molecule has 4 heteroatoms. The first-order chi connectivity index (χ1) is 6.43. The number of hydrogen-bond donors (Lipinski definition) is 0. The first-order valence-corrected chi connectivity index (χ1v) is 6.12. The third kappa shape index (κ3) is 2.57. The zero-order chi connectivity index (χ0) is 10.9. The number of halogens is 2. The third-order valence-corrected chi connectivity index (χ3v) is 3.57. The molecule has 0 aliphatic heterocycles. The van der Waals surface area contributed by atoms with Crippen LogP contribution in [0.15, 0.2) is 0 Å². The van der Waals surface area contributed by atoms with Crippen molar-refractivity contribution in [2.75, 3.05) is 0 Å². The molecule has 0 aliphatic rings. The topological polar surface area (TPSA) is 25.8 Å². The van der Waals surface area contributed by atoms with Crippen molar-refractivity contribution in [2.24, 2.45) is 0 Å². The van der Waals surface area contributed by atoms with Crippen LogP contribution in [0.3, 0.4) is 0 Å². The Kier molecular flexibility index (Phi) is 4.13. The molecule has 0 amide bonds. The van der Waals surface area contributed by atoms with E-state index >= 15 is 0 Å². The van der Waals surface area contributed by atoms with Gasteiger partial charge in [0, 0.05) is 5.92 Å². The molecule has 0 fully saturated rings. The minimum absolute atomic E-state index is 0.321. The van der Waals surface area contributed by atoms with Gasteiger partial charge in [-0.2, -0.15) is 0 Å². The third-order valence-electron chi connectivity index (χ3n) is 1.92. The molecule has 0 spiro atoms. The first kappa shape index (κ1) is 12.2. The minimum Gasteiger partial charge on any atom is -0.236 e. The fourth-order valence-corrected chi connectivity index (χ4v) is 2.14. The molecule has 14 heavy (non-hydrogen) atoms. The van der Waals surface area contributed by atoms with Gasteiger partial charge in [0.1, 0.15) is 11.0 Å². The Bertz CT molecular complexity index is 337. The Labute approximate surface area is 104 Å². The van der Waals surface area contributed by atoms with Crippen LogP contribution in [-0.4, -0.2) is 9.97 Å². The Hall–Kier alpha value is 0.1000. The van der Waals surface area contributed by atoms with E-state index in [0.29, 0.717) is 17.0 Å². The molecule has 1 rings (SSSR count). The van der Waals surface area contributed by atoms with Crippen LogP contribution in [-0.2, 0) is 0 Å². The van der Waals surface area contributed by atoms with Gasteiger partial charge in [-0.1, -0.05) is 39.3 Å². The summed E-state index contributed by atoms with van der Waals surface area (Å²) in [4.78, 5) is 8.79. The molecule has 78 valence electrons. The Morgan fingerprint density at radius 2 is 1.64 bits per heavy atom. The van der Waals surface area contributed by atoms with Crippen molar-refractivity contribution in [3.8, 4) is 0 Å². The van der Waals surface area contributed by atoms with Crippen molar-refractivity contribution < 1.29 is 0 Å². The second-order valence-electron chi connectivity index (χ2n) is 3.88. The predicted molar refractivity (Wildman–Crippen MR) is 67.9 cm³/mol. The highest BCUT2D eigenvalue weighted by atomic mass is 127. The van der Waals surface area contributed by atoms with Gasteiger partial charge in [0.25, 0.3) is 0 Å². The fourth-order valence-electron chi connectivity index (χ4n) is 1.09. The molecule has 0 N–H and O–H groups in total. The molecular weight excluding hydrogens is 310 g/mol. The summed E-state index contributed by atoms with van der Waals surface area (Å²) < 4.78 is 0.976. The van der Waals surface area contributed by atoms with Gasteiger partial charge >= 0.3 is 0 Å². The van der Waals surface area contributed by atoms with Gasteiger partial charge < -0.3 is 0 Å². The van der Waals surface area contributed by atoms with Crippen LogP contribution in [0, 0.1) is 3.57 Å². The fraction of sp³-hybridized carbons (Fsp3) is 0.600. The Balaban J connectivity index is 3.28. The quantitative estimate of drug-likeness (QED) is 0.607. The van der Waals surface area contributed by atoms with E-state index in [9.17, 15) is 0 Å². The molecule has 2 nitrogen and oxygen atoms in total. The van der Waals surface area contributed by atoms with Crippen LogP contribution in [0.4, 0.5) is 0 Å². The predicted octanol–water partition coefficient (Wildman–Crippen LogP) is 3.98. The number of hydrogen-bond acceptors (Lipinski definition) is 2. The van der Waals surface area contributed by atoms with Gasteiger partial charge in [-0.25, -0.2) is 9.97 Å². The molecule has 0 atom stereocenters. The van der Waals surface area contributed by atoms with Crippen molar-refractivity contribution in [3.05, 3.63) is 20.2 Å². The maximum absolute atomic E-state index is 6.05. The highest BCUT2D eigenvalue weighted by molar-refractivity contribution is 14.1. The SMILES string of the molecule is CC(C)c1nc(Cl)c(I)c(C(C)C)n1. The molecule has 0 unspecified atom stereocenters. The molecule has 0 saturated carbocycles. The van der Waals surface area contributed by atoms with Crippen LogP contribution in [0.5, 0.6) is 0 Å². The zero-order valence-corrected chi connectivity index (χ0v) is 11.7. The Morgan fingerprint density at radius 1 is 1.07 bits per heavy atom. The van der Waals surface area contributed by atoms with Crippen molar-refractivity contribution >= 4 is 34.2 Å². The second kappa shape index (κ2) is 4.75. The molecule has 1 aromatic heterocycles. The summed E-state index contributed by atoms with van der Waals surface area (Å²) in [5.41, 5.74) is 1.05. The average Bonchev–Trinajstić information content (AvgIpc) is 2.08. The van der Waals surface area contributed by atoms with Gasteiger partial charge in [-0.05, 0) is 28.5 Å². The lowest BCUT2D eigenvalue weighted by Gasteiger charge is -2.12. The standard InChI is InChI=1S/C10H14ClIN2/c1-5(2)8-7(12)9(11)14-10(13-8)6(3)4/h5-6H,1-4H3. The van der Waals surface area contributed by atoms with Gasteiger partial charge in [0.2, 0.25) is 0 Å². The van der Waals surface area contributed by atoms with E-state index in [0.717, 1.165) is 15.1 Å². The van der Waals surface area contributed by atoms with Gasteiger partial charge in [0.05, 0.1) is 9.26 Å². The van der Waals surface area contributed by atoms with E-state index in [2.05, 4.69) is 60.3 Å². The minimum atomic E-state index is 0.321. The maximum Gasteiger partial charge on any atom is 0.146 e. The summed E-state index contributed by atoms with van der Waals surface area (Å²) in [5, 5.41) is 0.577. The van der Waals surface area contributed by atoms with Crippen LogP contribution in [0.1, 0.15) is 51.0 Å². The highest BCUT2D eigenvalue weighted by Crippen LogP contribution is 2.26. The summed E-state index contributed by atoms with van der Waals surface area (Å²) >= 11 is 8.25. The molecule has 0 radical (unpaired) electrons. The zero-order valence-electron chi connectivity index (χ0n) is 8.81. The largest absolute Gasteiger partial charge is 0.236 e. The van der Waals surface area contributed by atoms with Gasteiger partial charge in [-0.15, -0.1) is 0 Å². The summed E-state index contributed by atoms with van der Waals surface area (Å²) in [6.07, 6.45) is 0. The maximum atomic E-state index is 6.05. The molecule has 1 heterocycles. The van der Waals surface area contributed by atoms with Gasteiger partial charge in [0.15, 0.2) is 0 Å². The second-order valence-corrected chi connectivity index (χ2v) is 5.32. The lowest BCUT2D eigenvalue weighted by atomic mass is 10.1. The van der Waals surface area contributed by atoms with Crippen molar-refractivity contribution in [1.29, 1.82) is 0 Å². The van der Waals surface area contributed by atoms with Gasteiger partial charge in [-0.3, -0.25) is 0 Å². The molecular formula is C10H14ClIN2. The number of nitrogens with zero attached hydrogens (tertiary/aromatic N) is 2. The van der Waals surface area contributed by atoms with E-state index in [-0.39, 0.29) is 0 Å². The van der Waals surface area contributed by atoms with Crippen LogP contribution in [0.2, 0.25) is 5.15 Å². The van der Waals surface area contributed by atoms with Crippen LogP contribution < -0.4 is 0 Å². The number of rotatable bonds is 2. The lowest BCUT2D eigenvalue weighted by molar-refractivity contribution is 0.724. The van der Waals surface area contributed by atoms with Crippen molar-refractivity contribution in [1.82, 2.24) is 9.97 Å². The van der Waals surface area contributed by atoms with E-state index in [1.807, 2.05) is 0 Å². The smallest absolute Gasteiger partial charge is 0.146 e. The summed E-state index contributed by atoms with van der Waals surface area (Å²) in [6.45, 7) is 8.38. The average molecular weight is 325 g/mol. The molecule has 0 aliphatic carbocycles. The van der Waals surface area contributed by atoms with E-state index in [1.54, 1.807) is 0 Å². The summed E-state index contributed by atoms with van der Waals surface area (Å²) in [7, 11) is 0. The molecule has 1 aromatic rings. The highest BCUT2D eigenvalue weighted by Gasteiger charge is 2.14. The summed E-state index contributed by atoms with van der Waals surface area (Å²) in [5.74, 6) is 1.54.